The first kappa shape index (κ1) is 32.0. The highest BCUT2D eigenvalue weighted by molar-refractivity contribution is 6.01. The second-order valence-electron chi connectivity index (χ2n) is 11.4. The molecular formula is C32H43N5O6. The molecule has 2 aliphatic heterocycles. The van der Waals surface area contributed by atoms with Crippen LogP contribution in [0.4, 0.5) is 0 Å². The van der Waals surface area contributed by atoms with Crippen molar-refractivity contribution in [3.63, 3.8) is 0 Å². The van der Waals surface area contributed by atoms with Gasteiger partial charge in [0.2, 0.25) is 17.7 Å². The van der Waals surface area contributed by atoms with Crippen LogP contribution >= 0.6 is 0 Å². The highest BCUT2D eigenvalue weighted by Gasteiger charge is 2.29. The third-order valence-corrected chi connectivity index (χ3v) is 7.35. The number of benzene rings is 2. The lowest BCUT2D eigenvalue weighted by Gasteiger charge is -2.26. The van der Waals surface area contributed by atoms with Crippen LogP contribution in [0.25, 0.3) is 0 Å². The first-order valence-corrected chi connectivity index (χ1v) is 15.0. The third-order valence-electron chi connectivity index (χ3n) is 7.35. The fraction of sp³-hybridized carbons (Fsp3) is 0.500. The molecule has 0 radical (unpaired) electrons. The van der Waals surface area contributed by atoms with E-state index in [4.69, 9.17) is 9.47 Å². The van der Waals surface area contributed by atoms with Crippen LogP contribution in [0.2, 0.25) is 0 Å². The SMILES string of the molecule is CC(C)C[C@H]1NC(=O)C[C@@H](C(=O)NCc2cccc(CN3CCOCC3)c2)NC(=O)c2ccccc2OCCCNC1=O. The molecule has 4 N–H and O–H groups in total. The van der Waals surface area contributed by atoms with Crippen LogP contribution in [0.1, 0.15) is 54.6 Å². The van der Waals surface area contributed by atoms with Crippen LogP contribution in [-0.2, 0) is 32.2 Å². The van der Waals surface area contributed by atoms with Crippen molar-refractivity contribution in [1.29, 1.82) is 0 Å². The van der Waals surface area contributed by atoms with Gasteiger partial charge in [-0.05, 0) is 42.0 Å². The summed E-state index contributed by atoms with van der Waals surface area (Å²) in [5.74, 6) is -1.32. The van der Waals surface area contributed by atoms with Gasteiger partial charge in [0, 0.05) is 32.7 Å². The maximum absolute atomic E-state index is 13.5. The third kappa shape index (κ3) is 10.1. The molecule has 4 amide bonds. The van der Waals surface area contributed by atoms with Gasteiger partial charge >= 0.3 is 0 Å². The summed E-state index contributed by atoms with van der Waals surface area (Å²) in [5, 5.41) is 11.3. The van der Waals surface area contributed by atoms with E-state index < -0.39 is 29.8 Å². The Morgan fingerprint density at radius 2 is 1.77 bits per heavy atom. The normalized spacial score (nSPS) is 20.9. The van der Waals surface area contributed by atoms with Gasteiger partial charge in [0.15, 0.2) is 0 Å². The maximum atomic E-state index is 13.5. The zero-order valence-corrected chi connectivity index (χ0v) is 25.0. The monoisotopic (exact) mass is 593 g/mol. The van der Waals surface area contributed by atoms with Gasteiger partial charge in [-0.1, -0.05) is 50.2 Å². The van der Waals surface area contributed by atoms with Gasteiger partial charge < -0.3 is 30.7 Å². The molecule has 0 spiro atoms. The van der Waals surface area contributed by atoms with Gasteiger partial charge in [0.05, 0.1) is 31.8 Å². The van der Waals surface area contributed by atoms with Crippen LogP contribution in [-0.4, -0.2) is 80.1 Å². The Balaban J connectivity index is 1.49. The minimum atomic E-state index is -1.18. The van der Waals surface area contributed by atoms with Crippen molar-refractivity contribution in [2.75, 3.05) is 39.5 Å². The molecule has 0 aromatic heterocycles. The fourth-order valence-corrected chi connectivity index (χ4v) is 5.12. The number of carbonyl (C=O) groups excluding carboxylic acids is 4. The number of morpholine rings is 1. The molecule has 11 heteroatoms. The number of ether oxygens (including phenoxy) is 2. The van der Waals surface area contributed by atoms with Crippen molar-refractivity contribution in [3.8, 4) is 5.75 Å². The Morgan fingerprint density at radius 1 is 1.00 bits per heavy atom. The number of para-hydroxylation sites is 1. The standard InChI is InChI=1S/C32H43N5O6/c1-22(2)17-26-31(40)33-11-6-14-43-28-10-4-3-9-25(28)30(39)36-27(19-29(38)35-26)32(41)34-20-23-7-5-8-24(18-23)21-37-12-15-42-16-13-37/h3-5,7-10,18,22,26-27H,6,11-17,19-21H2,1-2H3,(H,33,40)(H,34,41)(H,35,38)(H,36,39)/t26-,27+/m1/s1. The second kappa shape index (κ2) is 16.0. The lowest BCUT2D eigenvalue weighted by molar-refractivity contribution is -0.131. The van der Waals surface area contributed by atoms with Crippen LogP contribution in [0, 0.1) is 5.92 Å². The quantitative estimate of drug-likeness (QED) is 0.384. The van der Waals surface area contributed by atoms with E-state index >= 15 is 0 Å². The molecule has 0 unspecified atom stereocenters. The van der Waals surface area contributed by atoms with Gasteiger partial charge in [-0.25, -0.2) is 0 Å². The molecule has 0 aliphatic carbocycles. The number of rotatable bonds is 7. The number of nitrogens with zero attached hydrogens (tertiary/aromatic N) is 1. The average Bonchev–Trinajstić information content (AvgIpc) is 2.99. The molecule has 2 aromatic carbocycles. The summed E-state index contributed by atoms with van der Waals surface area (Å²) in [6, 6.07) is 12.8. The number of carbonyl (C=O) groups is 4. The van der Waals surface area contributed by atoms with Crippen LogP contribution < -0.4 is 26.0 Å². The Bertz CT molecular complexity index is 1260. The zero-order chi connectivity index (χ0) is 30.6. The zero-order valence-electron chi connectivity index (χ0n) is 25.0. The molecule has 232 valence electrons. The lowest BCUT2D eigenvalue weighted by atomic mass is 10.0. The number of hydrogen-bond donors (Lipinski definition) is 4. The molecule has 2 heterocycles. The first-order chi connectivity index (χ1) is 20.8. The van der Waals surface area contributed by atoms with E-state index in [1.54, 1.807) is 24.3 Å². The number of hydrogen-bond acceptors (Lipinski definition) is 7. The first-order valence-electron chi connectivity index (χ1n) is 15.0. The van der Waals surface area contributed by atoms with E-state index in [-0.39, 0.29) is 37.0 Å². The van der Waals surface area contributed by atoms with E-state index in [0.717, 1.165) is 44.0 Å². The molecule has 1 fully saturated rings. The Kier molecular flexibility index (Phi) is 11.9. The Morgan fingerprint density at radius 3 is 2.56 bits per heavy atom. The summed E-state index contributed by atoms with van der Waals surface area (Å²) in [6.45, 7) is 8.76. The highest BCUT2D eigenvalue weighted by atomic mass is 16.5. The summed E-state index contributed by atoms with van der Waals surface area (Å²) in [4.78, 5) is 55.2. The van der Waals surface area contributed by atoms with Gasteiger partial charge in [0.25, 0.3) is 5.91 Å². The van der Waals surface area contributed by atoms with E-state index in [2.05, 4.69) is 32.2 Å². The summed E-state index contributed by atoms with van der Waals surface area (Å²) in [5.41, 5.74) is 2.29. The summed E-state index contributed by atoms with van der Waals surface area (Å²) in [6.07, 6.45) is 0.617. The van der Waals surface area contributed by atoms with E-state index in [0.29, 0.717) is 25.1 Å². The molecule has 4 rings (SSSR count). The number of amides is 4. The molecule has 0 bridgehead atoms. The largest absolute Gasteiger partial charge is 0.493 e. The second-order valence-corrected chi connectivity index (χ2v) is 11.4. The minimum Gasteiger partial charge on any atom is -0.493 e. The molecular weight excluding hydrogens is 550 g/mol. The van der Waals surface area contributed by atoms with Crippen molar-refractivity contribution < 1.29 is 28.7 Å². The molecule has 2 aliphatic rings. The highest BCUT2D eigenvalue weighted by Crippen LogP contribution is 2.19. The molecule has 11 nitrogen and oxygen atoms in total. The van der Waals surface area contributed by atoms with Crippen molar-refractivity contribution in [1.82, 2.24) is 26.2 Å². The van der Waals surface area contributed by atoms with Crippen molar-refractivity contribution in [3.05, 3.63) is 65.2 Å². The summed E-state index contributed by atoms with van der Waals surface area (Å²) in [7, 11) is 0. The smallest absolute Gasteiger partial charge is 0.255 e. The predicted octanol–water partition coefficient (Wildman–Crippen LogP) is 1.75. The fourth-order valence-electron chi connectivity index (χ4n) is 5.12. The molecule has 2 atom stereocenters. The summed E-state index contributed by atoms with van der Waals surface area (Å²) >= 11 is 0. The van der Waals surface area contributed by atoms with Gasteiger partial charge in [0.1, 0.15) is 17.8 Å². The molecule has 2 aromatic rings. The van der Waals surface area contributed by atoms with Crippen molar-refractivity contribution in [2.24, 2.45) is 5.92 Å². The van der Waals surface area contributed by atoms with Crippen molar-refractivity contribution in [2.45, 2.75) is 58.3 Å². The maximum Gasteiger partial charge on any atom is 0.255 e. The van der Waals surface area contributed by atoms with Crippen LogP contribution in [0.15, 0.2) is 48.5 Å². The minimum absolute atomic E-state index is 0.147. The lowest BCUT2D eigenvalue weighted by Crippen LogP contribution is -2.52. The summed E-state index contributed by atoms with van der Waals surface area (Å²) < 4.78 is 11.3. The van der Waals surface area contributed by atoms with Crippen LogP contribution in [0.3, 0.4) is 0 Å². The Hall–Kier alpha value is -3.96. The average molecular weight is 594 g/mol. The van der Waals surface area contributed by atoms with Crippen LogP contribution in [0.5, 0.6) is 5.75 Å². The molecule has 0 saturated carbocycles. The molecule has 43 heavy (non-hydrogen) atoms. The number of nitrogens with one attached hydrogen (secondary N) is 4. The Labute approximate surface area is 253 Å². The van der Waals surface area contributed by atoms with Crippen molar-refractivity contribution >= 4 is 23.6 Å². The number of fused-ring (bicyclic) bond motifs is 1. The predicted molar refractivity (Wildman–Crippen MR) is 161 cm³/mol. The molecule has 1 saturated heterocycles. The van der Waals surface area contributed by atoms with E-state index in [1.165, 1.54) is 0 Å². The topological polar surface area (TPSA) is 138 Å². The van der Waals surface area contributed by atoms with Gasteiger partial charge in [-0.2, -0.15) is 0 Å². The van der Waals surface area contributed by atoms with Gasteiger partial charge in [-0.3, -0.25) is 24.1 Å². The van der Waals surface area contributed by atoms with E-state index in [9.17, 15) is 19.2 Å². The van der Waals surface area contributed by atoms with E-state index in [1.807, 2.05) is 32.0 Å². The van der Waals surface area contributed by atoms with Gasteiger partial charge in [-0.15, -0.1) is 0 Å².